The Labute approximate surface area is 111 Å². The fraction of sp³-hybridized carbons (Fsp3) is 0.0769. The third kappa shape index (κ3) is 1.97. The van der Waals surface area contributed by atoms with Crippen molar-refractivity contribution in [2.75, 3.05) is 5.73 Å². The summed E-state index contributed by atoms with van der Waals surface area (Å²) in [6, 6.07) is 9.10. The van der Waals surface area contributed by atoms with Crippen LogP contribution in [0.15, 0.2) is 42.6 Å². The van der Waals surface area contributed by atoms with Gasteiger partial charge in [0.2, 0.25) is 5.82 Å². The van der Waals surface area contributed by atoms with E-state index < -0.39 is 12.0 Å². The summed E-state index contributed by atoms with van der Waals surface area (Å²) in [6.45, 7) is 0. The van der Waals surface area contributed by atoms with Crippen LogP contribution < -0.4 is 5.73 Å². The molecule has 7 heteroatoms. The molecule has 0 aliphatic carbocycles. The van der Waals surface area contributed by atoms with E-state index in [4.69, 9.17) is 5.73 Å². The minimum Gasteiger partial charge on any atom is -0.399 e. The zero-order chi connectivity index (χ0) is 14.3. The topological polar surface area (TPSA) is 56.7 Å². The zero-order valence-corrected chi connectivity index (χ0v) is 10.1. The molecule has 3 aromatic rings. The van der Waals surface area contributed by atoms with Crippen molar-refractivity contribution < 1.29 is 13.2 Å². The van der Waals surface area contributed by atoms with Gasteiger partial charge < -0.3 is 5.73 Å². The highest BCUT2D eigenvalue weighted by molar-refractivity contribution is 5.74. The van der Waals surface area contributed by atoms with E-state index in [1.807, 2.05) is 0 Å². The van der Waals surface area contributed by atoms with Crippen molar-refractivity contribution in [3.8, 4) is 5.69 Å². The molecule has 2 aromatic heterocycles. The van der Waals surface area contributed by atoms with E-state index in [2.05, 4.69) is 9.97 Å². The first kappa shape index (κ1) is 12.5. The van der Waals surface area contributed by atoms with Crippen LogP contribution in [0.25, 0.3) is 16.9 Å². The Hall–Kier alpha value is -2.57. The van der Waals surface area contributed by atoms with Gasteiger partial charge in [0.15, 0.2) is 5.65 Å². The van der Waals surface area contributed by atoms with Gasteiger partial charge in [-0.2, -0.15) is 13.2 Å². The third-order valence-corrected chi connectivity index (χ3v) is 2.82. The van der Waals surface area contributed by atoms with Gasteiger partial charge in [-0.1, -0.05) is 0 Å². The molecule has 0 saturated carbocycles. The van der Waals surface area contributed by atoms with Crippen LogP contribution in [0.5, 0.6) is 0 Å². The average molecular weight is 278 g/mol. The Morgan fingerprint density at radius 3 is 2.40 bits per heavy atom. The molecule has 0 fully saturated rings. The number of hydrogen-bond acceptors (Lipinski definition) is 3. The molecule has 2 heterocycles. The molecule has 0 unspecified atom stereocenters. The van der Waals surface area contributed by atoms with Crippen LogP contribution in [0.3, 0.4) is 0 Å². The lowest BCUT2D eigenvalue weighted by Crippen LogP contribution is -2.14. The van der Waals surface area contributed by atoms with E-state index in [-0.39, 0.29) is 11.2 Å². The molecule has 4 nitrogen and oxygen atoms in total. The van der Waals surface area contributed by atoms with Crippen LogP contribution in [0, 0.1) is 0 Å². The number of nitrogens with zero attached hydrogens (tertiary/aromatic N) is 3. The molecule has 102 valence electrons. The van der Waals surface area contributed by atoms with E-state index in [1.165, 1.54) is 36.5 Å². The van der Waals surface area contributed by atoms with E-state index in [0.717, 1.165) is 4.57 Å². The number of benzene rings is 1. The number of nitrogens with two attached hydrogens (primary N) is 1. The molecule has 0 aliphatic heterocycles. The molecule has 0 aliphatic rings. The van der Waals surface area contributed by atoms with Crippen LogP contribution in [0.2, 0.25) is 0 Å². The van der Waals surface area contributed by atoms with Gasteiger partial charge in [-0.15, -0.1) is 0 Å². The number of imidazole rings is 1. The molecule has 20 heavy (non-hydrogen) atoms. The second kappa shape index (κ2) is 4.22. The molecular formula is C13H9F3N4. The lowest BCUT2D eigenvalue weighted by molar-refractivity contribution is -0.145. The van der Waals surface area contributed by atoms with Gasteiger partial charge in [0.1, 0.15) is 5.52 Å². The Balaban J connectivity index is 2.34. The molecule has 0 bridgehead atoms. The molecule has 3 rings (SSSR count). The van der Waals surface area contributed by atoms with Crippen molar-refractivity contribution in [3.63, 3.8) is 0 Å². The smallest absolute Gasteiger partial charge is 0.399 e. The minimum atomic E-state index is -4.57. The molecule has 0 amide bonds. The van der Waals surface area contributed by atoms with Crippen molar-refractivity contribution in [2.24, 2.45) is 0 Å². The number of nitrogen functional groups attached to an aromatic ring is 1. The maximum atomic E-state index is 13.1. The highest BCUT2D eigenvalue weighted by Crippen LogP contribution is 2.33. The number of aromatic nitrogens is 3. The van der Waals surface area contributed by atoms with E-state index in [1.54, 1.807) is 6.07 Å². The SMILES string of the molecule is Nc1ccc(-n2c(C(F)(F)F)nc3cccnc32)cc1. The lowest BCUT2D eigenvalue weighted by atomic mass is 10.3. The van der Waals surface area contributed by atoms with Crippen LogP contribution >= 0.6 is 0 Å². The van der Waals surface area contributed by atoms with Gasteiger partial charge in [0.05, 0.1) is 0 Å². The number of rotatable bonds is 1. The Kier molecular flexibility index (Phi) is 2.63. The molecular weight excluding hydrogens is 269 g/mol. The second-order valence-corrected chi connectivity index (χ2v) is 4.21. The van der Waals surface area contributed by atoms with Crippen molar-refractivity contribution in [1.29, 1.82) is 0 Å². The predicted octanol–water partition coefficient (Wildman–Crippen LogP) is 3.02. The highest BCUT2D eigenvalue weighted by atomic mass is 19.4. The number of fused-ring (bicyclic) bond motifs is 1. The summed E-state index contributed by atoms with van der Waals surface area (Å²) < 4.78 is 40.3. The largest absolute Gasteiger partial charge is 0.450 e. The number of anilines is 1. The number of pyridine rings is 1. The van der Waals surface area contributed by atoms with Gasteiger partial charge in [-0.25, -0.2) is 9.97 Å². The molecule has 0 radical (unpaired) electrons. The quantitative estimate of drug-likeness (QED) is 0.696. The first-order valence-electron chi connectivity index (χ1n) is 5.73. The fourth-order valence-electron chi connectivity index (χ4n) is 1.97. The maximum Gasteiger partial charge on any atom is 0.450 e. The summed E-state index contributed by atoms with van der Waals surface area (Å²) in [4.78, 5) is 7.61. The minimum absolute atomic E-state index is 0.157. The van der Waals surface area contributed by atoms with Crippen LogP contribution in [-0.4, -0.2) is 14.5 Å². The van der Waals surface area contributed by atoms with Crippen molar-refractivity contribution in [3.05, 3.63) is 48.4 Å². The Morgan fingerprint density at radius 2 is 1.75 bits per heavy atom. The number of hydrogen-bond donors (Lipinski definition) is 1. The van der Waals surface area contributed by atoms with Crippen LogP contribution in [0.4, 0.5) is 18.9 Å². The molecule has 0 atom stereocenters. The van der Waals surface area contributed by atoms with E-state index >= 15 is 0 Å². The monoisotopic (exact) mass is 278 g/mol. The predicted molar refractivity (Wildman–Crippen MR) is 68.3 cm³/mol. The van der Waals surface area contributed by atoms with Crippen molar-refractivity contribution in [1.82, 2.24) is 14.5 Å². The van der Waals surface area contributed by atoms with Gasteiger partial charge in [-0.3, -0.25) is 4.57 Å². The molecule has 2 N–H and O–H groups in total. The fourth-order valence-corrected chi connectivity index (χ4v) is 1.97. The summed E-state index contributed by atoms with van der Waals surface area (Å²) in [7, 11) is 0. The lowest BCUT2D eigenvalue weighted by Gasteiger charge is -2.10. The zero-order valence-electron chi connectivity index (χ0n) is 10.1. The summed E-state index contributed by atoms with van der Waals surface area (Å²) in [5.41, 5.74) is 6.69. The van der Waals surface area contributed by atoms with E-state index in [9.17, 15) is 13.2 Å². The second-order valence-electron chi connectivity index (χ2n) is 4.21. The van der Waals surface area contributed by atoms with Gasteiger partial charge >= 0.3 is 6.18 Å². The first-order chi connectivity index (χ1) is 9.47. The van der Waals surface area contributed by atoms with Gasteiger partial charge in [0.25, 0.3) is 0 Å². The normalized spacial score (nSPS) is 11.9. The Morgan fingerprint density at radius 1 is 1.05 bits per heavy atom. The van der Waals surface area contributed by atoms with Crippen LogP contribution in [0.1, 0.15) is 5.82 Å². The maximum absolute atomic E-state index is 13.1. The summed E-state index contributed by atoms with van der Waals surface area (Å²) >= 11 is 0. The standard InChI is InChI=1S/C13H9F3N4/c14-13(15,16)12-19-10-2-1-7-18-11(10)20(12)9-5-3-8(17)4-6-9/h1-7H,17H2. The summed E-state index contributed by atoms with van der Waals surface area (Å²) in [5, 5.41) is 0. The molecule has 0 spiro atoms. The summed E-state index contributed by atoms with van der Waals surface area (Å²) in [6.07, 6.45) is -3.14. The third-order valence-electron chi connectivity index (χ3n) is 2.82. The van der Waals surface area contributed by atoms with Crippen molar-refractivity contribution >= 4 is 16.9 Å². The van der Waals surface area contributed by atoms with Gasteiger partial charge in [0, 0.05) is 17.6 Å². The number of halogens is 3. The van der Waals surface area contributed by atoms with Crippen LogP contribution in [-0.2, 0) is 6.18 Å². The molecule has 1 aromatic carbocycles. The average Bonchev–Trinajstić information content (AvgIpc) is 2.79. The highest BCUT2D eigenvalue weighted by Gasteiger charge is 2.38. The van der Waals surface area contributed by atoms with E-state index in [0.29, 0.717) is 11.4 Å². The number of alkyl halides is 3. The molecule has 0 saturated heterocycles. The van der Waals surface area contributed by atoms with Crippen molar-refractivity contribution in [2.45, 2.75) is 6.18 Å². The first-order valence-corrected chi connectivity index (χ1v) is 5.73. The van der Waals surface area contributed by atoms with Gasteiger partial charge in [-0.05, 0) is 36.4 Å². The summed E-state index contributed by atoms with van der Waals surface area (Å²) in [5.74, 6) is -1.00. The Bertz CT molecular complexity index is 759.